The van der Waals surface area contributed by atoms with E-state index in [9.17, 15) is 4.79 Å². The summed E-state index contributed by atoms with van der Waals surface area (Å²) in [5.74, 6) is 4.60. The van der Waals surface area contributed by atoms with Gasteiger partial charge in [0.1, 0.15) is 0 Å². The van der Waals surface area contributed by atoms with Gasteiger partial charge in [-0.2, -0.15) is 11.8 Å². The number of hydrogen-bond donors (Lipinski definition) is 0. The molecule has 0 aromatic rings. The fourth-order valence-corrected chi connectivity index (χ4v) is 8.71. The summed E-state index contributed by atoms with van der Waals surface area (Å²) in [4.78, 5) is 11.9. The molecule has 0 radical (unpaired) electrons. The summed E-state index contributed by atoms with van der Waals surface area (Å²) in [6, 6.07) is 0. The molecule has 1 spiro atoms. The van der Waals surface area contributed by atoms with Crippen LogP contribution < -0.4 is 0 Å². The lowest BCUT2D eigenvalue weighted by Gasteiger charge is -2.58. The van der Waals surface area contributed by atoms with Gasteiger partial charge in [0, 0.05) is 16.9 Å². The third-order valence-corrected chi connectivity index (χ3v) is 10.4. The molecule has 6 atom stereocenters. The first-order valence-corrected chi connectivity index (χ1v) is 10.3. The number of allylic oxidation sites excluding steroid dienone is 1. The van der Waals surface area contributed by atoms with Crippen LogP contribution in [-0.2, 0) is 4.79 Å². The Morgan fingerprint density at radius 3 is 2.59 bits per heavy atom. The Morgan fingerprint density at radius 2 is 1.82 bits per heavy atom. The molecule has 0 amide bonds. The van der Waals surface area contributed by atoms with Gasteiger partial charge in [-0.3, -0.25) is 4.79 Å². The van der Waals surface area contributed by atoms with Gasteiger partial charge in [0.25, 0.3) is 0 Å². The minimum absolute atomic E-state index is 0.352. The van der Waals surface area contributed by atoms with Gasteiger partial charge in [-0.25, -0.2) is 0 Å². The molecule has 1 saturated heterocycles. The van der Waals surface area contributed by atoms with Gasteiger partial charge >= 0.3 is 0 Å². The molecule has 0 unspecified atom stereocenters. The van der Waals surface area contributed by atoms with Crippen molar-refractivity contribution < 1.29 is 4.79 Å². The highest BCUT2D eigenvalue weighted by Crippen LogP contribution is 2.75. The lowest BCUT2D eigenvalue weighted by Crippen LogP contribution is -2.51. The van der Waals surface area contributed by atoms with Crippen molar-refractivity contribution >= 4 is 17.5 Å². The number of carbonyl (C=O) groups excluding carboxylic acids is 1. The van der Waals surface area contributed by atoms with E-state index in [-0.39, 0.29) is 0 Å². The minimum atomic E-state index is 0.352. The fraction of sp³-hybridized carbons (Fsp3) is 0.850. The fourth-order valence-electron chi connectivity index (χ4n) is 7.21. The van der Waals surface area contributed by atoms with Gasteiger partial charge in [0.2, 0.25) is 0 Å². The highest BCUT2D eigenvalue weighted by molar-refractivity contribution is 8.08. The van der Waals surface area contributed by atoms with Gasteiger partial charge < -0.3 is 0 Å². The monoisotopic (exact) mass is 316 g/mol. The molecule has 22 heavy (non-hydrogen) atoms. The van der Waals surface area contributed by atoms with Crippen LogP contribution in [0.3, 0.4) is 0 Å². The van der Waals surface area contributed by atoms with E-state index in [1.54, 1.807) is 0 Å². The number of rotatable bonds is 0. The zero-order valence-electron chi connectivity index (χ0n) is 14.0. The first kappa shape index (κ1) is 14.1. The second-order valence-electron chi connectivity index (χ2n) is 9.25. The van der Waals surface area contributed by atoms with Crippen molar-refractivity contribution in [2.24, 2.45) is 28.6 Å². The summed E-state index contributed by atoms with van der Waals surface area (Å²) >= 11 is 2.27. The van der Waals surface area contributed by atoms with Crippen LogP contribution in [0.15, 0.2) is 11.6 Å². The average molecular weight is 317 g/mol. The molecular weight excluding hydrogens is 288 g/mol. The van der Waals surface area contributed by atoms with Gasteiger partial charge in [-0.05, 0) is 79.6 Å². The van der Waals surface area contributed by atoms with Crippen LogP contribution in [-0.4, -0.2) is 16.3 Å². The Balaban J connectivity index is 1.51. The van der Waals surface area contributed by atoms with Crippen molar-refractivity contribution in [1.82, 2.24) is 0 Å². The standard InChI is InChI=1S/C20H28OS/c1-18-8-5-14(21)11-13(18)3-4-15-16(18)6-9-19(2)17(15)7-10-20(19)12-22-20/h11,15-17H,3-10,12H2,1-2H3/t15-,16+,17-,18+,19+,20+/m1/s1. The normalized spacial score (nSPS) is 56.2. The maximum atomic E-state index is 11.9. The van der Waals surface area contributed by atoms with Crippen molar-refractivity contribution in [2.75, 3.05) is 5.75 Å². The Bertz CT molecular complexity index is 574. The number of ketones is 1. The van der Waals surface area contributed by atoms with E-state index < -0.39 is 0 Å². The molecule has 1 aliphatic heterocycles. The molecule has 120 valence electrons. The van der Waals surface area contributed by atoms with Crippen LogP contribution in [0.1, 0.15) is 65.2 Å². The molecular formula is C20H28OS. The van der Waals surface area contributed by atoms with E-state index in [2.05, 4.69) is 25.6 Å². The smallest absolute Gasteiger partial charge is 0.155 e. The quantitative estimate of drug-likeness (QED) is 0.585. The summed E-state index contributed by atoms with van der Waals surface area (Å²) in [6.07, 6.45) is 12.4. The largest absolute Gasteiger partial charge is 0.295 e. The first-order chi connectivity index (χ1) is 10.5. The number of fused-ring (bicyclic) bond motifs is 6. The van der Waals surface area contributed by atoms with Crippen LogP contribution in [0.4, 0.5) is 0 Å². The topological polar surface area (TPSA) is 17.1 Å². The SMILES string of the molecule is C[C@]12CCC(=O)C=C1CC[C@H]1[C@H]3CC[C@]4(CS4)[C@@]3(C)CC[C@@H]12. The maximum absolute atomic E-state index is 11.9. The highest BCUT2D eigenvalue weighted by Gasteiger charge is 2.68. The third kappa shape index (κ3) is 1.56. The molecule has 5 rings (SSSR count). The Morgan fingerprint density at radius 1 is 1.05 bits per heavy atom. The zero-order chi connectivity index (χ0) is 15.2. The molecule has 0 aromatic carbocycles. The lowest BCUT2D eigenvalue weighted by atomic mass is 9.47. The lowest BCUT2D eigenvalue weighted by molar-refractivity contribution is -0.117. The van der Waals surface area contributed by atoms with E-state index in [1.807, 2.05) is 6.08 Å². The van der Waals surface area contributed by atoms with E-state index in [4.69, 9.17) is 0 Å². The minimum Gasteiger partial charge on any atom is -0.295 e. The Labute approximate surface area is 138 Å². The summed E-state index contributed by atoms with van der Waals surface area (Å²) in [5, 5.41) is 0. The van der Waals surface area contributed by atoms with E-state index in [1.165, 1.54) is 49.9 Å². The third-order valence-electron chi connectivity index (χ3n) is 8.74. The molecule has 1 heterocycles. The van der Waals surface area contributed by atoms with E-state index in [0.717, 1.165) is 30.6 Å². The van der Waals surface area contributed by atoms with Crippen molar-refractivity contribution in [3.05, 3.63) is 11.6 Å². The van der Waals surface area contributed by atoms with Crippen molar-refractivity contribution in [3.63, 3.8) is 0 Å². The molecule has 5 aliphatic rings. The van der Waals surface area contributed by atoms with Gasteiger partial charge in [0.05, 0.1) is 0 Å². The number of thioether (sulfide) groups is 1. The summed E-state index contributed by atoms with van der Waals surface area (Å²) in [5.41, 5.74) is 2.49. The molecule has 4 fully saturated rings. The second kappa shape index (κ2) is 4.23. The molecule has 0 bridgehead atoms. The van der Waals surface area contributed by atoms with Crippen molar-refractivity contribution in [2.45, 2.75) is 70.0 Å². The maximum Gasteiger partial charge on any atom is 0.155 e. The molecule has 2 heteroatoms. The van der Waals surface area contributed by atoms with Gasteiger partial charge in [0.15, 0.2) is 5.78 Å². The Hall–Kier alpha value is -0.240. The zero-order valence-corrected chi connectivity index (χ0v) is 14.8. The van der Waals surface area contributed by atoms with Crippen molar-refractivity contribution in [3.8, 4) is 0 Å². The molecule has 3 saturated carbocycles. The molecule has 0 aromatic heterocycles. The Kier molecular flexibility index (Phi) is 2.72. The van der Waals surface area contributed by atoms with Crippen LogP contribution in [0, 0.1) is 28.6 Å². The summed E-state index contributed by atoms with van der Waals surface area (Å²) in [7, 11) is 0. The van der Waals surface area contributed by atoms with E-state index >= 15 is 0 Å². The highest BCUT2D eigenvalue weighted by atomic mass is 32.2. The van der Waals surface area contributed by atoms with Crippen LogP contribution in [0.25, 0.3) is 0 Å². The predicted octanol–water partition coefficient (Wildman–Crippen LogP) is 5.00. The van der Waals surface area contributed by atoms with E-state index in [0.29, 0.717) is 21.4 Å². The van der Waals surface area contributed by atoms with Crippen LogP contribution in [0.2, 0.25) is 0 Å². The summed E-state index contributed by atoms with van der Waals surface area (Å²) in [6.45, 7) is 5.14. The molecule has 1 nitrogen and oxygen atoms in total. The predicted molar refractivity (Wildman–Crippen MR) is 91.9 cm³/mol. The molecule has 0 N–H and O–H groups in total. The number of carbonyl (C=O) groups is 1. The summed E-state index contributed by atoms with van der Waals surface area (Å²) < 4.78 is 0.683. The van der Waals surface area contributed by atoms with Gasteiger partial charge in [-0.1, -0.05) is 19.4 Å². The van der Waals surface area contributed by atoms with Crippen molar-refractivity contribution in [1.29, 1.82) is 0 Å². The first-order valence-electron chi connectivity index (χ1n) is 9.36. The average Bonchev–Trinajstić information content (AvgIpc) is 3.22. The number of hydrogen-bond acceptors (Lipinski definition) is 2. The molecule has 4 aliphatic carbocycles. The second-order valence-corrected chi connectivity index (χ2v) is 10.6. The van der Waals surface area contributed by atoms with Crippen LogP contribution >= 0.6 is 11.8 Å². The van der Waals surface area contributed by atoms with Crippen LogP contribution in [0.5, 0.6) is 0 Å². The van der Waals surface area contributed by atoms with Gasteiger partial charge in [-0.15, -0.1) is 0 Å².